The first-order chi connectivity index (χ1) is 7.81. The van der Waals surface area contributed by atoms with Crippen LogP contribution in [0.5, 0.6) is 0 Å². The topological polar surface area (TPSA) is 35.6 Å². The van der Waals surface area contributed by atoms with Crippen LogP contribution < -0.4 is 5.32 Å². The first-order valence-corrected chi connectivity index (χ1v) is 6.56. The average Bonchev–Trinajstić information content (AvgIpc) is 2.89. The van der Waals surface area contributed by atoms with E-state index in [9.17, 15) is 4.79 Å². The summed E-state index contributed by atoms with van der Waals surface area (Å²) in [6.07, 6.45) is 4.69. The molecule has 1 unspecified atom stereocenters. The highest BCUT2D eigenvalue weighted by atomic mass is 16.2. The van der Waals surface area contributed by atoms with Crippen LogP contribution >= 0.6 is 0 Å². The Morgan fingerprint density at radius 2 is 2.06 bits per heavy atom. The highest BCUT2D eigenvalue weighted by molar-refractivity contribution is 5.83. The van der Waals surface area contributed by atoms with Gasteiger partial charge in [0.25, 0.3) is 0 Å². The van der Waals surface area contributed by atoms with Gasteiger partial charge in [0.1, 0.15) is 0 Å². The molecule has 2 aliphatic heterocycles. The molecule has 0 aromatic rings. The van der Waals surface area contributed by atoms with Gasteiger partial charge in [-0.15, -0.1) is 0 Å². The van der Waals surface area contributed by atoms with E-state index in [0.717, 1.165) is 32.6 Å². The van der Waals surface area contributed by atoms with Crippen molar-refractivity contribution in [2.75, 3.05) is 32.8 Å². The fourth-order valence-corrected chi connectivity index (χ4v) is 2.58. The largest absolute Gasteiger partial charge is 0.327 e. The third kappa shape index (κ3) is 2.74. The van der Waals surface area contributed by atoms with Crippen LogP contribution in [0.4, 0.5) is 0 Å². The Morgan fingerprint density at radius 3 is 2.75 bits per heavy atom. The van der Waals surface area contributed by atoms with Gasteiger partial charge in [-0.3, -0.25) is 10.1 Å². The summed E-state index contributed by atoms with van der Waals surface area (Å²) in [5.74, 6) is 0.307. The molecule has 0 aromatic carbocycles. The second-order valence-electron chi connectivity index (χ2n) is 4.85. The summed E-state index contributed by atoms with van der Waals surface area (Å²) in [5.41, 5.74) is 0. The van der Waals surface area contributed by atoms with Gasteiger partial charge in [0.05, 0.1) is 12.7 Å². The number of hydrogen-bond donors (Lipinski definition) is 1. The molecule has 0 aliphatic carbocycles. The summed E-state index contributed by atoms with van der Waals surface area (Å²) in [5, 5.41) is 3.29. The van der Waals surface area contributed by atoms with Crippen LogP contribution in [0.3, 0.4) is 0 Å². The van der Waals surface area contributed by atoms with E-state index in [-0.39, 0.29) is 6.04 Å². The monoisotopic (exact) mass is 225 g/mol. The second kappa shape index (κ2) is 5.64. The van der Waals surface area contributed by atoms with Gasteiger partial charge in [-0.05, 0) is 32.4 Å². The van der Waals surface area contributed by atoms with E-state index in [0.29, 0.717) is 5.91 Å². The van der Waals surface area contributed by atoms with Crippen LogP contribution in [0.25, 0.3) is 0 Å². The molecule has 2 rings (SSSR count). The van der Waals surface area contributed by atoms with Gasteiger partial charge < -0.3 is 9.80 Å². The molecule has 4 heteroatoms. The number of hydrogen-bond acceptors (Lipinski definition) is 3. The lowest BCUT2D eigenvalue weighted by atomic mass is 10.2. The normalized spacial score (nSPS) is 26.9. The summed E-state index contributed by atoms with van der Waals surface area (Å²) in [6, 6.07) is 0.0866. The first-order valence-electron chi connectivity index (χ1n) is 6.56. The van der Waals surface area contributed by atoms with Crippen LogP contribution in [-0.2, 0) is 4.79 Å². The van der Waals surface area contributed by atoms with Crippen molar-refractivity contribution in [1.29, 1.82) is 0 Å². The molecule has 1 amide bonds. The van der Waals surface area contributed by atoms with Crippen molar-refractivity contribution >= 4 is 5.91 Å². The number of carbonyl (C=O) groups excluding carboxylic acids is 1. The van der Waals surface area contributed by atoms with E-state index in [1.54, 1.807) is 0 Å². The number of nitrogens with one attached hydrogen (secondary N) is 1. The Kier molecular flexibility index (Phi) is 4.18. The summed E-state index contributed by atoms with van der Waals surface area (Å²) in [6.45, 7) is 7.25. The molecule has 1 N–H and O–H groups in total. The number of likely N-dealkylation sites (tertiary alicyclic amines) is 1. The van der Waals surface area contributed by atoms with E-state index in [1.807, 2.05) is 4.90 Å². The zero-order valence-corrected chi connectivity index (χ0v) is 10.2. The molecule has 0 radical (unpaired) electrons. The average molecular weight is 225 g/mol. The SMILES string of the molecule is CCCC1NCN(CCN2CCCC2)C1=O. The number of rotatable bonds is 5. The maximum absolute atomic E-state index is 11.9. The zero-order valence-electron chi connectivity index (χ0n) is 10.2. The summed E-state index contributed by atoms with van der Waals surface area (Å²) in [7, 11) is 0. The van der Waals surface area contributed by atoms with Gasteiger partial charge in [-0.1, -0.05) is 13.3 Å². The third-order valence-corrected chi connectivity index (χ3v) is 3.60. The smallest absolute Gasteiger partial charge is 0.240 e. The van der Waals surface area contributed by atoms with Crippen LogP contribution in [0.2, 0.25) is 0 Å². The molecule has 0 saturated carbocycles. The Bertz CT molecular complexity index is 238. The van der Waals surface area contributed by atoms with Gasteiger partial charge in [0, 0.05) is 13.1 Å². The fourth-order valence-electron chi connectivity index (χ4n) is 2.58. The standard InChI is InChI=1S/C12H23N3O/c1-2-5-11-12(16)15(10-13-11)9-8-14-6-3-4-7-14/h11,13H,2-10H2,1H3. The van der Waals surface area contributed by atoms with Crippen LogP contribution in [-0.4, -0.2) is 54.6 Å². The lowest BCUT2D eigenvalue weighted by Gasteiger charge is -2.20. The minimum Gasteiger partial charge on any atom is -0.327 e. The maximum atomic E-state index is 11.9. The third-order valence-electron chi connectivity index (χ3n) is 3.60. The number of carbonyl (C=O) groups is 1. The van der Waals surface area contributed by atoms with E-state index in [4.69, 9.17) is 0 Å². The molecule has 4 nitrogen and oxygen atoms in total. The van der Waals surface area contributed by atoms with E-state index >= 15 is 0 Å². The predicted molar refractivity (Wildman–Crippen MR) is 64.1 cm³/mol. The molecule has 2 saturated heterocycles. The lowest BCUT2D eigenvalue weighted by molar-refractivity contribution is -0.129. The Labute approximate surface area is 98.0 Å². The van der Waals surface area contributed by atoms with Gasteiger partial charge in [-0.2, -0.15) is 0 Å². The van der Waals surface area contributed by atoms with E-state index in [2.05, 4.69) is 17.1 Å². The highest BCUT2D eigenvalue weighted by Gasteiger charge is 2.30. The lowest BCUT2D eigenvalue weighted by Crippen LogP contribution is -2.36. The highest BCUT2D eigenvalue weighted by Crippen LogP contribution is 2.10. The molecule has 0 aromatic heterocycles. The van der Waals surface area contributed by atoms with E-state index < -0.39 is 0 Å². The van der Waals surface area contributed by atoms with Crippen LogP contribution in [0.1, 0.15) is 32.6 Å². The zero-order chi connectivity index (χ0) is 11.4. The van der Waals surface area contributed by atoms with Crippen molar-refractivity contribution in [1.82, 2.24) is 15.1 Å². The van der Waals surface area contributed by atoms with Gasteiger partial charge in [0.15, 0.2) is 0 Å². The predicted octanol–water partition coefficient (Wildman–Crippen LogP) is 0.640. The maximum Gasteiger partial charge on any atom is 0.240 e. The Hall–Kier alpha value is -0.610. The van der Waals surface area contributed by atoms with Crippen LogP contribution in [0, 0.1) is 0 Å². The Morgan fingerprint density at radius 1 is 1.31 bits per heavy atom. The molecular formula is C12H23N3O. The van der Waals surface area contributed by atoms with E-state index in [1.165, 1.54) is 25.9 Å². The minimum atomic E-state index is 0.0866. The number of amides is 1. The molecule has 2 heterocycles. The minimum absolute atomic E-state index is 0.0866. The number of nitrogens with zero attached hydrogens (tertiary/aromatic N) is 2. The summed E-state index contributed by atoms with van der Waals surface area (Å²) in [4.78, 5) is 16.4. The van der Waals surface area contributed by atoms with Gasteiger partial charge >= 0.3 is 0 Å². The van der Waals surface area contributed by atoms with Gasteiger partial charge in [0.2, 0.25) is 5.91 Å². The molecule has 2 fully saturated rings. The molecule has 0 spiro atoms. The molecule has 16 heavy (non-hydrogen) atoms. The molecule has 0 bridgehead atoms. The molecule has 1 atom stereocenters. The van der Waals surface area contributed by atoms with Crippen LogP contribution in [0.15, 0.2) is 0 Å². The van der Waals surface area contributed by atoms with Crippen molar-refractivity contribution < 1.29 is 4.79 Å². The van der Waals surface area contributed by atoms with Crippen molar-refractivity contribution in [2.24, 2.45) is 0 Å². The summed E-state index contributed by atoms with van der Waals surface area (Å²) >= 11 is 0. The van der Waals surface area contributed by atoms with Crippen molar-refractivity contribution in [3.05, 3.63) is 0 Å². The first kappa shape index (κ1) is 11.9. The summed E-state index contributed by atoms with van der Waals surface area (Å²) < 4.78 is 0. The van der Waals surface area contributed by atoms with Gasteiger partial charge in [-0.25, -0.2) is 0 Å². The Balaban J connectivity index is 1.72. The van der Waals surface area contributed by atoms with Crippen molar-refractivity contribution in [2.45, 2.75) is 38.6 Å². The second-order valence-corrected chi connectivity index (χ2v) is 4.85. The van der Waals surface area contributed by atoms with Crippen molar-refractivity contribution in [3.63, 3.8) is 0 Å². The fraction of sp³-hybridized carbons (Fsp3) is 0.917. The molecule has 2 aliphatic rings. The quantitative estimate of drug-likeness (QED) is 0.746. The molecule has 92 valence electrons. The molecular weight excluding hydrogens is 202 g/mol. The van der Waals surface area contributed by atoms with Crippen molar-refractivity contribution in [3.8, 4) is 0 Å².